The van der Waals surface area contributed by atoms with E-state index in [0.29, 0.717) is 17.0 Å². The Kier molecular flexibility index (Phi) is 4.41. The van der Waals surface area contributed by atoms with Crippen molar-refractivity contribution in [1.82, 2.24) is 25.9 Å². The monoisotopic (exact) mass is 275 g/mol. The van der Waals surface area contributed by atoms with Crippen molar-refractivity contribution < 1.29 is 9.90 Å². The second kappa shape index (κ2) is 6.25. The van der Waals surface area contributed by atoms with Crippen LogP contribution in [0.3, 0.4) is 0 Å². The third-order valence-electron chi connectivity index (χ3n) is 2.97. The minimum atomic E-state index is -0.556. The Hall–Kier alpha value is -2.28. The van der Waals surface area contributed by atoms with Crippen molar-refractivity contribution in [1.29, 1.82) is 0 Å². The molecule has 0 radical (unpaired) electrons. The molecule has 1 heterocycles. The van der Waals surface area contributed by atoms with Crippen molar-refractivity contribution in [2.24, 2.45) is 5.92 Å². The fourth-order valence-corrected chi connectivity index (χ4v) is 1.62. The molecule has 0 bridgehead atoms. The summed E-state index contributed by atoms with van der Waals surface area (Å²) in [5, 5.41) is 26.0. The van der Waals surface area contributed by atoms with Gasteiger partial charge >= 0.3 is 0 Å². The van der Waals surface area contributed by atoms with Gasteiger partial charge in [-0.1, -0.05) is 26.0 Å². The number of aromatic amines is 1. The number of tetrazole rings is 1. The van der Waals surface area contributed by atoms with Gasteiger partial charge in [-0.25, -0.2) is 0 Å². The van der Waals surface area contributed by atoms with Gasteiger partial charge in [-0.05, 0) is 23.3 Å². The van der Waals surface area contributed by atoms with Crippen molar-refractivity contribution in [3.63, 3.8) is 0 Å². The van der Waals surface area contributed by atoms with Gasteiger partial charge in [0.25, 0.3) is 5.91 Å². The first-order valence-electron chi connectivity index (χ1n) is 6.38. The number of amides is 1. The molecule has 1 unspecified atom stereocenters. The summed E-state index contributed by atoms with van der Waals surface area (Å²) < 4.78 is 0. The fraction of sp³-hybridized carbons (Fsp3) is 0.385. The lowest BCUT2D eigenvalue weighted by Crippen LogP contribution is -2.34. The standard InChI is InChI=1S/C13H17N5O2/c1-8(2)11(19)7-14-13(20)10-5-3-4-9(6-10)12-15-17-18-16-12/h3-6,8,11,19H,7H2,1-2H3,(H,14,20)(H,15,16,17,18). The molecule has 3 N–H and O–H groups in total. The Morgan fingerprint density at radius 3 is 2.90 bits per heavy atom. The normalized spacial score (nSPS) is 12.4. The van der Waals surface area contributed by atoms with Crippen molar-refractivity contribution in [3.8, 4) is 11.4 Å². The van der Waals surface area contributed by atoms with Gasteiger partial charge < -0.3 is 10.4 Å². The van der Waals surface area contributed by atoms with E-state index in [1.54, 1.807) is 24.3 Å². The number of carbonyl (C=O) groups is 1. The quantitative estimate of drug-likeness (QED) is 0.742. The number of aliphatic hydroxyl groups excluding tert-OH is 1. The molecule has 0 saturated heterocycles. The second-order valence-corrected chi connectivity index (χ2v) is 4.84. The minimum absolute atomic E-state index is 0.0981. The largest absolute Gasteiger partial charge is 0.391 e. The Bertz CT molecular complexity index is 568. The molecule has 1 aromatic carbocycles. The average Bonchev–Trinajstić information content (AvgIpc) is 2.98. The van der Waals surface area contributed by atoms with E-state index in [4.69, 9.17) is 0 Å². The van der Waals surface area contributed by atoms with Gasteiger partial charge in [0, 0.05) is 17.7 Å². The van der Waals surface area contributed by atoms with Crippen LogP contribution in [0.1, 0.15) is 24.2 Å². The van der Waals surface area contributed by atoms with Crippen LogP contribution in [0.15, 0.2) is 24.3 Å². The highest BCUT2D eigenvalue weighted by atomic mass is 16.3. The van der Waals surface area contributed by atoms with E-state index in [9.17, 15) is 9.90 Å². The van der Waals surface area contributed by atoms with E-state index >= 15 is 0 Å². The number of rotatable bonds is 5. The first-order valence-corrected chi connectivity index (χ1v) is 6.38. The van der Waals surface area contributed by atoms with Crippen LogP contribution in [-0.2, 0) is 0 Å². The first-order chi connectivity index (χ1) is 9.58. The summed E-state index contributed by atoms with van der Waals surface area (Å²) in [5.74, 6) is 0.290. The van der Waals surface area contributed by atoms with E-state index in [1.165, 1.54) is 0 Å². The van der Waals surface area contributed by atoms with Crippen molar-refractivity contribution in [3.05, 3.63) is 29.8 Å². The molecular weight excluding hydrogens is 258 g/mol. The topological polar surface area (TPSA) is 104 Å². The highest BCUT2D eigenvalue weighted by Gasteiger charge is 2.13. The van der Waals surface area contributed by atoms with Crippen LogP contribution in [-0.4, -0.2) is 44.3 Å². The number of carbonyl (C=O) groups excluding carboxylic acids is 1. The van der Waals surface area contributed by atoms with E-state index in [2.05, 4.69) is 25.9 Å². The Balaban J connectivity index is 2.05. The van der Waals surface area contributed by atoms with Crippen LogP contribution in [0.5, 0.6) is 0 Å². The summed E-state index contributed by atoms with van der Waals surface area (Å²) in [4.78, 5) is 12.0. The molecule has 0 spiro atoms. The molecule has 0 saturated carbocycles. The maximum absolute atomic E-state index is 12.0. The molecule has 106 valence electrons. The number of aliphatic hydroxyl groups is 1. The number of H-pyrrole nitrogens is 1. The zero-order valence-electron chi connectivity index (χ0n) is 11.4. The van der Waals surface area contributed by atoms with E-state index in [1.807, 2.05) is 13.8 Å². The van der Waals surface area contributed by atoms with Crippen molar-refractivity contribution >= 4 is 5.91 Å². The lowest BCUT2D eigenvalue weighted by Gasteiger charge is -2.15. The summed E-state index contributed by atoms with van der Waals surface area (Å²) >= 11 is 0. The predicted octanol–water partition coefficient (Wildman–Crippen LogP) is 0.613. The van der Waals surface area contributed by atoms with Crippen molar-refractivity contribution in [2.75, 3.05) is 6.54 Å². The summed E-state index contributed by atoms with van der Waals surface area (Å²) in [6.07, 6.45) is -0.556. The molecule has 2 rings (SSSR count). The zero-order valence-corrected chi connectivity index (χ0v) is 11.4. The fourth-order valence-electron chi connectivity index (χ4n) is 1.62. The van der Waals surface area contributed by atoms with Crippen LogP contribution >= 0.6 is 0 Å². The second-order valence-electron chi connectivity index (χ2n) is 4.84. The molecule has 0 aliphatic rings. The zero-order chi connectivity index (χ0) is 14.5. The molecule has 1 atom stereocenters. The molecule has 0 aliphatic heterocycles. The lowest BCUT2D eigenvalue weighted by atomic mass is 10.1. The van der Waals surface area contributed by atoms with Gasteiger partial charge in [0.1, 0.15) is 0 Å². The molecule has 1 aromatic heterocycles. The minimum Gasteiger partial charge on any atom is -0.391 e. The summed E-state index contributed by atoms with van der Waals surface area (Å²) in [6.45, 7) is 4.02. The van der Waals surface area contributed by atoms with Crippen LogP contribution in [0.4, 0.5) is 0 Å². The summed E-state index contributed by atoms with van der Waals surface area (Å²) in [6, 6.07) is 6.92. The number of nitrogens with one attached hydrogen (secondary N) is 2. The van der Waals surface area contributed by atoms with Gasteiger partial charge in [-0.3, -0.25) is 4.79 Å². The van der Waals surface area contributed by atoms with Gasteiger partial charge in [-0.2, -0.15) is 5.21 Å². The van der Waals surface area contributed by atoms with Crippen LogP contribution < -0.4 is 5.32 Å². The predicted molar refractivity (Wildman–Crippen MR) is 72.8 cm³/mol. The third kappa shape index (κ3) is 3.39. The van der Waals surface area contributed by atoms with Crippen LogP contribution in [0.25, 0.3) is 11.4 Å². The Labute approximate surface area is 116 Å². The highest BCUT2D eigenvalue weighted by Crippen LogP contribution is 2.14. The Morgan fingerprint density at radius 2 is 2.25 bits per heavy atom. The SMILES string of the molecule is CC(C)C(O)CNC(=O)c1cccc(-c2nn[nH]n2)c1. The van der Waals surface area contributed by atoms with Gasteiger partial charge in [-0.15, -0.1) is 10.2 Å². The molecule has 0 aliphatic carbocycles. The van der Waals surface area contributed by atoms with E-state index in [-0.39, 0.29) is 18.4 Å². The maximum atomic E-state index is 12.0. The average molecular weight is 275 g/mol. The number of nitrogens with zero attached hydrogens (tertiary/aromatic N) is 3. The van der Waals surface area contributed by atoms with Crippen LogP contribution in [0, 0.1) is 5.92 Å². The third-order valence-corrected chi connectivity index (χ3v) is 2.97. The molecular formula is C13H17N5O2. The molecule has 20 heavy (non-hydrogen) atoms. The highest BCUT2D eigenvalue weighted by molar-refractivity contribution is 5.95. The number of benzene rings is 1. The van der Waals surface area contributed by atoms with E-state index < -0.39 is 6.10 Å². The van der Waals surface area contributed by atoms with E-state index in [0.717, 1.165) is 0 Å². The van der Waals surface area contributed by atoms with Crippen LogP contribution in [0.2, 0.25) is 0 Å². The van der Waals surface area contributed by atoms with Gasteiger partial charge in [0.05, 0.1) is 6.10 Å². The Morgan fingerprint density at radius 1 is 1.45 bits per heavy atom. The van der Waals surface area contributed by atoms with Gasteiger partial charge in [0.2, 0.25) is 5.82 Å². The molecule has 0 fully saturated rings. The molecule has 1 amide bonds. The number of hydrogen-bond donors (Lipinski definition) is 3. The lowest BCUT2D eigenvalue weighted by molar-refractivity contribution is 0.0871. The molecule has 7 nitrogen and oxygen atoms in total. The summed E-state index contributed by atoms with van der Waals surface area (Å²) in [7, 11) is 0. The number of hydrogen-bond acceptors (Lipinski definition) is 5. The van der Waals surface area contributed by atoms with Gasteiger partial charge in [0.15, 0.2) is 0 Å². The molecule has 7 heteroatoms. The molecule has 2 aromatic rings. The summed E-state index contributed by atoms with van der Waals surface area (Å²) in [5.41, 5.74) is 1.19. The smallest absolute Gasteiger partial charge is 0.251 e. The first kappa shape index (κ1) is 14.1. The number of aromatic nitrogens is 4. The van der Waals surface area contributed by atoms with Crippen molar-refractivity contribution in [2.45, 2.75) is 20.0 Å². The maximum Gasteiger partial charge on any atom is 0.251 e.